The Labute approximate surface area is 156 Å². The Bertz CT molecular complexity index is 328. The van der Waals surface area contributed by atoms with Crippen LogP contribution in [0.15, 0.2) is 0 Å². The maximum absolute atomic E-state index is 11.6. The van der Waals surface area contributed by atoms with E-state index in [0.29, 0.717) is 45.8 Å². The van der Waals surface area contributed by atoms with Crippen molar-refractivity contribution in [2.24, 2.45) is 0 Å². The fourth-order valence-electron chi connectivity index (χ4n) is 1.79. The van der Waals surface area contributed by atoms with E-state index in [-0.39, 0.29) is 13.2 Å². The van der Waals surface area contributed by atoms with Crippen molar-refractivity contribution < 1.29 is 33.3 Å². The molecule has 0 aliphatic rings. The maximum atomic E-state index is 11.6. The Hall–Kier alpha value is -1.58. The average Bonchev–Trinajstić information content (AvgIpc) is 2.64. The number of nitrogens with one attached hydrogen (secondary N) is 2. The number of amides is 2. The zero-order valence-corrected chi connectivity index (χ0v) is 16.2. The van der Waals surface area contributed by atoms with Gasteiger partial charge in [0, 0.05) is 47.1 Å². The first-order chi connectivity index (χ1) is 12.6. The van der Waals surface area contributed by atoms with Gasteiger partial charge in [-0.2, -0.15) is 0 Å². The first kappa shape index (κ1) is 24.4. The number of methoxy groups -OCH3 is 2. The summed E-state index contributed by atoms with van der Waals surface area (Å²) >= 11 is 0. The summed E-state index contributed by atoms with van der Waals surface area (Å²) in [5.41, 5.74) is 0. The van der Waals surface area contributed by atoms with Gasteiger partial charge in [0.1, 0.15) is 19.3 Å². The molecule has 0 aliphatic heterocycles. The van der Waals surface area contributed by atoms with Crippen molar-refractivity contribution in [3.8, 4) is 0 Å². The van der Waals surface area contributed by atoms with E-state index in [2.05, 4.69) is 10.6 Å². The van der Waals surface area contributed by atoms with Gasteiger partial charge in [0.05, 0.1) is 0 Å². The van der Waals surface area contributed by atoms with E-state index < -0.39 is 18.3 Å². The molecule has 0 aliphatic carbocycles. The molecule has 0 fully saturated rings. The van der Waals surface area contributed by atoms with E-state index in [4.69, 9.17) is 23.7 Å². The first-order valence-electron chi connectivity index (χ1n) is 9.04. The molecule has 2 N–H and O–H groups in total. The summed E-state index contributed by atoms with van der Waals surface area (Å²) in [5.74, 6) is 0. The number of hydrogen-bond donors (Lipinski definition) is 2. The van der Waals surface area contributed by atoms with Gasteiger partial charge in [0.25, 0.3) is 0 Å². The lowest BCUT2D eigenvalue weighted by Gasteiger charge is -2.18. The Balaban J connectivity index is 4.05. The van der Waals surface area contributed by atoms with E-state index in [1.54, 1.807) is 14.2 Å². The lowest BCUT2D eigenvalue weighted by atomic mass is 10.3. The molecule has 0 radical (unpaired) electrons. The molecular weight excluding hydrogens is 344 g/mol. The van der Waals surface area contributed by atoms with Gasteiger partial charge in [0.15, 0.2) is 0 Å². The van der Waals surface area contributed by atoms with Gasteiger partial charge in [-0.15, -0.1) is 0 Å². The van der Waals surface area contributed by atoms with Crippen molar-refractivity contribution in [2.75, 3.05) is 60.3 Å². The van der Waals surface area contributed by atoms with Crippen molar-refractivity contribution in [2.45, 2.75) is 38.7 Å². The molecule has 0 atom stereocenters. The highest BCUT2D eigenvalue weighted by Gasteiger charge is 2.15. The van der Waals surface area contributed by atoms with Gasteiger partial charge in [-0.25, -0.2) is 9.59 Å². The summed E-state index contributed by atoms with van der Waals surface area (Å²) in [6.45, 7) is 4.65. The molecule has 0 unspecified atom stereocenters. The minimum atomic E-state index is -0.533. The molecule has 0 saturated heterocycles. The van der Waals surface area contributed by atoms with Crippen LogP contribution in [0.3, 0.4) is 0 Å². The van der Waals surface area contributed by atoms with Gasteiger partial charge >= 0.3 is 12.2 Å². The summed E-state index contributed by atoms with van der Waals surface area (Å²) in [5, 5.41) is 5.23. The standard InChI is InChI=1S/C17H34N2O7/c1-4-5-12-24-15(13-25-16(20)18-8-6-10-22-2)14-26-17(21)19-9-7-11-23-3/h15H,4-14H2,1-3H3,(H,18,20)(H,19,21). The zero-order valence-electron chi connectivity index (χ0n) is 16.2. The van der Waals surface area contributed by atoms with Crippen molar-refractivity contribution in [1.29, 1.82) is 0 Å². The fourth-order valence-corrected chi connectivity index (χ4v) is 1.79. The fraction of sp³-hybridized carbons (Fsp3) is 0.882. The van der Waals surface area contributed by atoms with Crippen LogP contribution in [0, 0.1) is 0 Å². The van der Waals surface area contributed by atoms with E-state index in [9.17, 15) is 9.59 Å². The van der Waals surface area contributed by atoms with Gasteiger partial charge in [0.2, 0.25) is 0 Å². The molecule has 0 aromatic carbocycles. The molecule has 0 aromatic heterocycles. The Morgan fingerprint density at radius 2 is 1.31 bits per heavy atom. The summed E-state index contributed by atoms with van der Waals surface area (Å²) < 4.78 is 25.7. The topological polar surface area (TPSA) is 104 Å². The van der Waals surface area contributed by atoms with E-state index in [0.717, 1.165) is 12.8 Å². The molecule has 9 heteroatoms. The van der Waals surface area contributed by atoms with E-state index in [1.807, 2.05) is 6.92 Å². The van der Waals surface area contributed by atoms with Crippen molar-refractivity contribution >= 4 is 12.2 Å². The predicted molar refractivity (Wildman–Crippen MR) is 96.3 cm³/mol. The van der Waals surface area contributed by atoms with E-state index >= 15 is 0 Å². The summed E-state index contributed by atoms with van der Waals surface area (Å²) in [6, 6.07) is 0. The molecule has 9 nitrogen and oxygen atoms in total. The SMILES string of the molecule is CCCCOC(COC(=O)NCCCOC)COC(=O)NCCCOC. The normalized spacial score (nSPS) is 10.6. The number of alkyl carbamates (subject to hydrolysis) is 2. The first-order valence-corrected chi connectivity index (χ1v) is 9.04. The second-order valence-electron chi connectivity index (χ2n) is 5.59. The van der Waals surface area contributed by atoms with Gasteiger partial charge < -0.3 is 34.3 Å². The number of hydrogen-bond acceptors (Lipinski definition) is 7. The largest absolute Gasteiger partial charge is 0.447 e. The van der Waals surface area contributed by atoms with Crippen LogP contribution in [-0.2, 0) is 23.7 Å². The summed E-state index contributed by atoms with van der Waals surface area (Å²) in [7, 11) is 3.20. The molecule has 0 aromatic rings. The number of ether oxygens (including phenoxy) is 5. The summed E-state index contributed by atoms with van der Waals surface area (Å²) in [4.78, 5) is 23.2. The van der Waals surface area contributed by atoms with Crippen molar-refractivity contribution in [3.05, 3.63) is 0 Å². The maximum Gasteiger partial charge on any atom is 0.407 e. The van der Waals surface area contributed by atoms with Crippen LogP contribution in [0.4, 0.5) is 9.59 Å². The molecule has 0 bridgehead atoms. The minimum Gasteiger partial charge on any atom is -0.447 e. The third kappa shape index (κ3) is 15.9. The van der Waals surface area contributed by atoms with Crippen LogP contribution in [0.25, 0.3) is 0 Å². The Kier molecular flexibility index (Phi) is 17.1. The lowest BCUT2D eigenvalue weighted by Crippen LogP contribution is -2.35. The molecule has 0 spiro atoms. The molecule has 2 amide bonds. The molecular formula is C17H34N2O7. The Morgan fingerprint density at radius 1 is 0.808 bits per heavy atom. The van der Waals surface area contributed by atoms with Crippen LogP contribution in [0.2, 0.25) is 0 Å². The summed E-state index contributed by atoms with van der Waals surface area (Å²) in [6.07, 6.45) is 1.69. The van der Waals surface area contributed by atoms with Crippen LogP contribution < -0.4 is 10.6 Å². The van der Waals surface area contributed by atoms with Crippen LogP contribution >= 0.6 is 0 Å². The molecule has 154 valence electrons. The predicted octanol–water partition coefficient (Wildman–Crippen LogP) is 1.70. The highest BCUT2D eigenvalue weighted by Crippen LogP contribution is 2.00. The second kappa shape index (κ2) is 18.2. The minimum absolute atomic E-state index is 0.0107. The third-order valence-corrected chi connectivity index (χ3v) is 3.24. The van der Waals surface area contributed by atoms with Crippen LogP contribution in [0.1, 0.15) is 32.6 Å². The average molecular weight is 378 g/mol. The number of rotatable bonds is 16. The molecule has 0 heterocycles. The molecule has 0 rings (SSSR count). The number of unbranched alkanes of at least 4 members (excludes halogenated alkanes) is 1. The number of carbonyl (C=O) groups is 2. The lowest BCUT2D eigenvalue weighted by molar-refractivity contribution is -0.0294. The van der Waals surface area contributed by atoms with Crippen molar-refractivity contribution in [1.82, 2.24) is 10.6 Å². The van der Waals surface area contributed by atoms with E-state index in [1.165, 1.54) is 0 Å². The van der Waals surface area contributed by atoms with Gasteiger partial charge in [-0.1, -0.05) is 13.3 Å². The number of carbonyl (C=O) groups excluding carboxylic acids is 2. The third-order valence-electron chi connectivity index (χ3n) is 3.24. The highest BCUT2D eigenvalue weighted by atomic mass is 16.6. The van der Waals surface area contributed by atoms with Crippen LogP contribution in [-0.4, -0.2) is 78.6 Å². The Morgan fingerprint density at radius 3 is 1.73 bits per heavy atom. The zero-order chi connectivity index (χ0) is 19.5. The monoisotopic (exact) mass is 378 g/mol. The van der Waals surface area contributed by atoms with Gasteiger partial charge in [-0.05, 0) is 19.3 Å². The second-order valence-corrected chi connectivity index (χ2v) is 5.59. The van der Waals surface area contributed by atoms with Crippen molar-refractivity contribution in [3.63, 3.8) is 0 Å². The quantitative estimate of drug-likeness (QED) is 0.394. The van der Waals surface area contributed by atoms with Gasteiger partial charge in [-0.3, -0.25) is 0 Å². The van der Waals surface area contributed by atoms with Crippen LogP contribution in [0.5, 0.6) is 0 Å². The highest BCUT2D eigenvalue weighted by molar-refractivity contribution is 5.67. The molecule has 0 saturated carbocycles. The molecule has 26 heavy (non-hydrogen) atoms. The smallest absolute Gasteiger partial charge is 0.407 e.